The first-order valence-electron chi connectivity index (χ1n) is 10.6. The van der Waals surface area contributed by atoms with Crippen LogP contribution in [0.2, 0.25) is 0 Å². The Morgan fingerprint density at radius 1 is 1.07 bits per heavy atom. The summed E-state index contributed by atoms with van der Waals surface area (Å²) in [6, 6.07) is 12.7. The van der Waals surface area contributed by atoms with Gasteiger partial charge in [0.2, 0.25) is 15.9 Å². The highest BCUT2D eigenvalue weighted by atomic mass is 32.2. The van der Waals surface area contributed by atoms with E-state index < -0.39 is 10.0 Å². The number of amides is 1. The topological polar surface area (TPSA) is 66.9 Å². The number of anilines is 1. The van der Waals surface area contributed by atoms with Gasteiger partial charge in [0.05, 0.1) is 17.9 Å². The molecule has 6 nitrogen and oxygen atoms in total. The van der Waals surface area contributed by atoms with Crippen molar-refractivity contribution in [2.45, 2.75) is 44.9 Å². The van der Waals surface area contributed by atoms with Gasteiger partial charge in [0.15, 0.2) is 0 Å². The molecule has 0 saturated heterocycles. The molecule has 0 unspecified atom stereocenters. The van der Waals surface area contributed by atoms with Crippen molar-refractivity contribution in [3.05, 3.63) is 53.6 Å². The fourth-order valence-electron chi connectivity index (χ4n) is 3.85. The van der Waals surface area contributed by atoms with Gasteiger partial charge in [-0.05, 0) is 61.2 Å². The predicted octanol–water partition coefficient (Wildman–Crippen LogP) is 3.64. The van der Waals surface area contributed by atoms with Gasteiger partial charge in [-0.15, -0.1) is 0 Å². The summed E-state index contributed by atoms with van der Waals surface area (Å²) >= 11 is 0. The lowest BCUT2D eigenvalue weighted by Crippen LogP contribution is -2.37. The minimum absolute atomic E-state index is 0.0134. The lowest BCUT2D eigenvalue weighted by atomic mass is 10.0. The van der Waals surface area contributed by atoms with Crippen molar-refractivity contribution < 1.29 is 17.9 Å². The van der Waals surface area contributed by atoms with Crippen LogP contribution >= 0.6 is 0 Å². The maximum atomic E-state index is 13.0. The van der Waals surface area contributed by atoms with Gasteiger partial charge in [-0.25, -0.2) is 8.42 Å². The molecule has 2 aromatic carbocycles. The smallest absolute Gasteiger partial charge is 0.243 e. The van der Waals surface area contributed by atoms with Crippen LogP contribution in [0.25, 0.3) is 0 Å². The van der Waals surface area contributed by atoms with E-state index >= 15 is 0 Å². The Balaban J connectivity index is 1.81. The number of nitrogens with zero attached hydrogens (tertiary/aromatic N) is 2. The van der Waals surface area contributed by atoms with Gasteiger partial charge < -0.3 is 9.64 Å². The Morgan fingerprint density at radius 2 is 1.77 bits per heavy atom. The SMILES string of the molecule is CCOc1ccc(CC(=O)N2CCCc3cc(S(=O)(=O)N(CC)CC)ccc32)cc1. The number of carbonyl (C=O) groups excluding carboxylic acids is 1. The molecule has 0 N–H and O–H groups in total. The summed E-state index contributed by atoms with van der Waals surface area (Å²) in [4.78, 5) is 15.1. The van der Waals surface area contributed by atoms with Crippen molar-refractivity contribution in [2.75, 3.05) is 31.1 Å². The third-order valence-corrected chi connectivity index (χ3v) is 7.45. The van der Waals surface area contributed by atoms with Crippen molar-refractivity contribution in [1.82, 2.24) is 4.31 Å². The molecule has 0 bridgehead atoms. The Morgan fingerprint density at radius 3 is 2.40 bits per heavy atom. The van der Waals surface area contributed by atoms with Gasteiger partial charge in [-0.1, -0.05) is 26.0 Å². The van der Waals surface area contributed by atoms with Crippen molar-refractivity contribution in [3.8, 4) is 5.75 Å². The van der Waals surface area contributed by atoms with Gasteiger partial charge >= 0.3 is 0 Å². The summed E-state index contributed by atoms with van der Waals surface area (Å²) in [6.45, 7) is 7.72. The number of rotatable bonds is 8. The molecule has 0 aliphatic carbocycles. The predicted molar refractivity (Wildman–Crippen MR) is 119 cm³/mol. The monoisotopic (exact) mass is 430 g/mol. The molecule has 3 rings (SSSR count). The molecule has 1 amide bonds. The molecule has 0 aromatic heterocycles. The number of hydrogen-bond donors (Lipinski definition) is 0. The number of aryl methyl sites for hydroxylation is 1. The average molecular weight is 431 g/mol. The van der Waals surface area contributed by atoms with Crippen molar-refractivity contribution in [1.29, 1.82) is 0 Å². The molecule has 1 heterocycles. The summed E-state index contributed by atoms with van der Waals surface area (Å²) in [7, 11) is -3.51. The molecule has 0 fully saturated rings. The Hall–Kier alpha value is -2.38. The molecule has 30 heavy (non-hydrogen) atoms. The third-order valence-electron chi connectivity index (χ3n) is 5.40. The number of hydrogen-bond acceptors (Lipinski definition) is 4. The molecule has 1 aliphatic rings. The lowest BCUT2D eigenvalue weighted by molar-refractivity contribution is -0.118. The first-order valence-corrected chi connectivity index (χ1v) is 12.0. The normalized spacial score (nSPS) is 13.9. The van der Waals surface area contributed by atoms with Crippen molar-refractivity contribution >= 4 is 21.6 Å². The molecular weight excluding hydrogens is 400 g/mol. The van der Waals surface area contributed by atoms with Crippen LogP contribution in [0.5, 0.6) is 5.75 Å². The molecule has 7 heteroatoms. The van der Waals surface area contributed by atoms with E-state index in [4.69, 9.17) is 4.74 Å². The van der Waals surface area contributed by atoms with Gasteiger partial charge in [-0.3, -0.25) is 4.79 Å². The number of fused-ring (bicyclic) bond motifs is 1. The van der Waals surface area contributed by atoms with Crippen LogP contribution in [-0.2, 0) is 27.7 Å². The fraction of sp³-hybridized carbons (Fsp3) is 0.435. The summed E-state index contributed by atoms with van der Waals surface area (Å²) in [5.74, 6) is 0.804. The standard InChI is InChI=1S/C23H30N2O4S/c1-4-24(5-2)30(27,28)21-13-14-22-19(17-21)8-7-15-25(22)23(26)16-18-9-11-20(12-10-18)29-6-3/h9-14,17H,4-8,15-16H2,1-3H3. The zero-order valence-corrected chi connectivity index (χ0v) is 18.7. The van der Waals surface area contributed by atoms with Crippen molar-refractivity contribution in [2.24, 2.45) is 0 Å². The minimum atomic E-state index is -3.51. The number of ether oxygens (including phenoxy) is 1. The molecule has 162 valence electrons. The summed E-state index contributed by atoms with van der Waals surface area (Å²) in [5, 5.41) is 0. The Bertz CT molecular complexity index is 983. The van der Waals surface area contributed by atoms with Gasteiger partial charge in [0.1, 0.15) is 5.75 Å². The second-order valence-corrected chi connectivity index (χ2v) is 9.22. The van der Waals surface area contributed by atoms with E-state index in [1.54, 1.807) is 23.1 Å². The molecule has 2 aromatic rings. The molecular formula is C23H30N2O4S. The summed E-state index contributed by atoms with van der Waals surface area (Å²) < 4.78 is 32.6. The van der Waals surface area contributed by atoms with Crippen LogP contribution in [-0.4, -0.2) is 44.9 Å². The van der Waals surface area contributed by atoms with E-state index in [1.165, 1.54) is 4.31 Å². The third kappa shape index (κ3) is 4.68. The Kier molecular flexibility index (Phi) is 7.15. The summed E-state index contributed by atoms with van der Waals surface area (Å²) in [6.07, 6.45) is 1.88. The van der Waals surface area contributed by atoms with Gasteiger partial charge in [0.25, 0.3) is 0 Å². The maximum absolute atomic E-state index is 13.0. The van der Waals surface area contributed by atoms with Crippen LogP contribution in [0.15, 0.2) is 47.4 Å². The van der Waals surface area contributed by atoms with E-state index in [2.05, 4.69) is 0 Å². The molecule has 0 radical (unpaired) electrons. The Labute approximate surface area is 179 Å². The fourth-order valence-corrected chi connectivity index (χ4v) is 5.36. The zero-order valence-electron chi connectivity index (χ0n) is 17.9. The van der Waals surface area contributed by atoms with Gasteiger partial charge in [0, 0.05) is 25.3 Å². The maximum Gasteiger partial charge on any atom is 0.243 e. The van der Waals surface area contributed by atoms with Crippen LogP contribution in [0.1, 0.15) is 38.3 Å². The second kappa shape index (κ2) is 9.62. The highest BCUT2D eigenvalue weighted by molar-refractivity contribution is 7.89. The largest absolute Gasteiger partial charge is 0.494 e. The highest BCUT2D eigenvalue weighted by Gasteiger charge is 2.27. The first kappa shape index (κ1) is 22.3. The van der Waals surface area contributed by atoms with Crippen LogP contribution < -0.4 is 9.64 Å². The van der Waals surface area contributed by atoms with E-state index in [9.17, 15) is 13.2 Å². The lowest BCUT2D eigenvalue weighted by Gasteiger charge is -2.30. The van der Waals surface area contributed by atoms with Crippen LogP contribution in [0.3, 0.4) is 0 Å². The van der Waals surface area contributed by atoms with E-state index in [1.807, 2.05) is 45.0 Å². The number of carbonyl (C=O) groups is 1. The minimum Gasteiger partial charge on any atom is -0.494 e. The molecule has 0 atom stereocenters. The number of benzene rings is 2. The highest BCUT2D eigenvalue weighted by Crippen LogP contribution is 2.31. The van der Waals surface area contributed by atoms with Crippen LogP contribution in [0.4, 0.5) is 5.69 Å². The van der Waals surface area contributed by atoms with Crippen LogP contribution in [0, 0.1) is 0 Å². The molecule has 0 spiro atoms. The second-order valence-electron chi connectivity index (χ2n) is 7.28. The summed E-state index contributed by atoms with van der Waals surface area (Å²) in [5.41, 5.74) is 2.65. The van der Waals surface area contributed by atoms with E-state index in [0.717, 1.165) is 35.4 Å². The van der Waals surface area contributed by atoms with E-state index in [-0.39, 0.29) is 5.91 Å². The van der Waals surface area contributed by atoms with Gasteiger partial charge in [-0.2, -0.15) is 4.31 Å². The number of sulfonamides is 1. The molecule has 0 saturated carbocycles. The molecule has 1 aliphatic heterocycles. The van der Waals surface area contributed by atoms with Crippen molar-refractivity contribution in [3.63, 3.8) is 0 Å². The van der Waals surface area contributed by atoms with E-state index in [0.29, 0.717) is 37.6 Å². The average Bonchev–Trinajstić information content (AvgIpc) is 2.75. The quantitative estimate of drug-likeness (QED) is 0.641. The zero-order chi connectivity index (χ0) is 21.7. The first-order chi connectivity index (χ1) is 14.4.